The SMILES string of the molecule is CCCn1c(=O)c(N2CCN(C(=O)Cc3cccc(F)c3)CC2)nc2ccccc21. The van der Waals surface area contributed by atoms with E-state index in [1.807, 2.05) is 36.1 Å². The molecule has 0 N–H and O–H groups in total. The van der Waals surface area contributed by atoms with Gasteiger partial charge in [0.25, 0.3) is 5.56 Å². The molecule has 0 bridgehead atoms. The first-order chi connectivity index (χ1) is 14.6. The lowest BCUT2D eigenvalue weighted by Gasteiger charge is -2.35. The first kappa shape index (κ1) is 20.1. The number of para-hydroxylation sites is 2. The number of benzene rings is 2. The zero-order chi connectivity index (χ0) is 21.1. The Bertz CT molecular complexity index is 1120. The Labute approximate surface area is 174 Å². The summed E-state index contributed by atoms with van der Waals surface area (Å²) in [6, 6.07) is 13.8. The molecule has 1 fully saturated rings. The van der Waals surface area contributed by atoms with Crippen molar-refractivity contribution in [2.75, 3.05) is 31.1 Å². The average molecular weight is 408 g/mol. The molecule has 1 aromatic heterocycles. The number of anilines is 1. The molecule has 1 amide bonds. The van der Waals surface area contributed by atoms with Crippen LogP contribution in [0.4, 0.5) is 10.2 Å². The van der Waals surface area contributed by atoms with Crippen LogP contribution >= 0.6 is 0 Å². The maximum Gasteiger partial charge on any atom is 0.294 e. The quantitative estimate of drug-likeness (QED) is 0.652. The molecule has 2 aromatic carbocycles. The van der Waals surface area contributed by atoms with E-state index in [9.17, 15) is 14.0 Å². The predicted octanol–water partition coefficient (Wildman–Crippen LogP) is 2.84. The highest BCUT2D eigenvalue weighted by atomic mass is 19.1. The lowest BCUT2D eigenvalue weighted by Crippen LogP contribution is -2.51. The highest BCUT2D eigenvalue weighted by Crippen LogP contribution is 2.17. The minimum absolute atomic E-state index is 0.0323. The van der Waals surface area contributed by atoms with Crippen molar-refractivity contribution in [3.63, 3.8) is 0 Å². The second-order valence-electron chi connectivity index (χ2n) is 7.56. The molecular formula is C23H25FN4O2. The molecule has 0 spiro atoms. The van der Waals surface area contributed by atoms with Gasteiger partial charge in [0.05, 0.1) is 17.5 Å². The van der Waals surface area contributed by atoms with Crippen molar-refractivity contribution in [1.29, 1.82) is 0 Å². The van der Waals surface area contributed by atoms with Crippen LogP contribution in [0.3, 0.4) is 0 Å². The molecule has 0 saturated carbocycles. The first-order valence-corrected chi connectivity index (χ1v) is 10.3. The molecule has 1 saturated heterocycles. The Balaban J connectivity index is 1.50. The summed E-state index contributed by atoms with van der Waals surface area (Å²) in [6.45, 7) is 4.79. The van der Waals surface area contributed by atoms with Crippen LogP contribution in [0.15, 0.2) is 53.3 Å². The molecule has 3 aromatic rings. The Kier molecular flexibility index (Phi) is 5.79. The van der Waals surface area contributed by atoms with E-state index in [0.717, 1.165) is 17.5 Å². The van der Waals surface area contributed by atoms with Gasteiger partial charge in [-0.1, -0.05) is 31.2 Å². The van der Waals surface area contributed by atoms with E-state index >= 15 is 0 Å². The number of carbonyl (C=O) groups is 1. The van der Waals surface area contributed by atoms with Crippen LogP contribution < -0.4 is 10.5 Å². The minimum atomic E-state index is -0.337. The highest BCUT2D eigenvalue weighted by molar-refractivity contribution is 5.79. The third-order valence-corrected chi connectivity index (χ3v) is 5.46. The molecule has 156 valence electrons. The van der Waals surface area contributed by atoms with E-state index in [4.69, 9.17) is 0 Å². The van der Waals surface area contributed by atoms with E-state index < -0.39 is 0 Å². The highest BCUT2D eigenvalue weighted by Gasteiger charge is 2.24. The number of aryl methyl sites for hydroxylation is 1. The van der Waals surface area contributed by atoms with Crippen molar-refractivity contribution in [1.82, 2.24) is 14.5 Å². The van der Waals surface area contributed by atoms with Gasteiger partial charge in [0.1, 0.15) is 5.82 Å². The fraction of sp³-hybridized carbons (Fsp3) is 0.348. The topological polar surface area (TPSA) is 58.4 Å². The van der Waals surface area contributed by atoms with Crippen molar-refractivity contribution in [2.45, 2.75) is 26.3 Å². The summed E-state index contributed by atoms with van der Waals surface area (Å²) in [5.74, 6) is 0.0744. The zero-order valence-electron chi connectivity index (χ0n) is 17.1. The average Bonchev–Trinajstić information content (AvgIpc) is 2.76. The Morgan fingerprint density at radius 3 is 2.57 bits per heavy atom. The van der Waals surface area contributed by atoms with Crippen LogP contribution in [0.2, 0.25) is 0 Å². The van der Waals surface area contributed by atoms with E-state index in [-0.39, 0.29) is 23.7 Å². The van der Waals surface area contributed by atoms with Crippen LogP contribution in [0.25, 0.3) is 11.0 Å². The molecule has 0 aliphatic carbocycles. The number of fused-ring (bicyclic) bond motifs is 1. The van der Waals surface area contributed by atoms with Gasteiger partial charge in [-0.2, -0.15) is 0 Å². The van der Waals surface area contributed by atoms with E-state index in [0.29, 0.717) is 44.1 Å². The molecular weight excluding hydrogens is 383 g/mol. The van der Waals surface area contributed by atoms with Gasteiger partial charge < -0.3 is 14.4 Å². The second kappa shape index (κ2) is 8.65. The number of rotatable bonds is 5. The molecule has 4 rings (SSSR count). The lowest BCUT2D eigenvalue weighted by atomic mass is 10.1. The molecule has 0 radical (unpaired) electrons. The summed E-state index contributed by atoms with van der Waals surface area (Å²) in [5.41, 5.74) is 2.22. The van der Waals surface area contributed by atoms with Crippen LogP contribution in [0.1, 0.15) is 18.9 Å². The van der Waals surface area contributed by atoms with Gasteiger partial charge in [-0.15, -0.1) is 0 Å². The molecule has 0 atom stereocenters. The van der Waals surface area contributed by atoms with Crippen molar-refractivity contribution >= 4 is 22.8 Å². The Morgan fingerprint density at radius 1 is 1.07 bits per heavy atom. The van der Waals surface area contributed by atoms with Gasteiger partial charge in [0.2, 0.25) is 5.91 Å². The molecule has 6 nitrogen and oxygen atoms in total. The second-order valence-corrected chi connectivity index (χ2v) is 7.56. The number of carbonyl (C=O) groups excluding carboxylic acids is 1. The summed E-state index contributed by atoms with van der Waals surface area (Å²) in [5, 5.41) is 0. The molecule has 30 heavy (non-hydrogen) atoms. The molecule has 7 heteroatoms. The summed E-state index contributed by atoms with van der Waals surface area (Å²) in [6.07, 6.45) is 1.03. The van der Waals surface area contributed by atoms with Crippen LogP contribution in [0, 0.1) is 5.82 Å². The van der Waals surface area contributed by atoms with Crippen molar-refractivity contribution in [2.24, 2.45) is 0 Å². The number of halogens is 1. The molecule has 1 aliphatic rings. The van der Waals surface area contributed by atoms with E-state index in [2.05, 4.69) is 4.98 Å². The van der Waals surface area contributed by atoms with Crippen LogP contribution in [0.5, 0.6) is 0 Å². The van der Waals surface area contributed by atoms with Gasteiger partial charge in [0.15, 0.2) is 5.82 Å². The standard InChI is InChI=1S/C23H25FN4O2/c1-2-10-28-20-9-4-3-8-19(20)25-22(23(28)30)27-13-11-26(12-14-27)21(29)16-17-6-5-7-18(24)15-17/h3-9,15H,2,10-14,16H2,1H3. The van der Waals surface area contributed by atoms with Gasteiger partial charge in [-0.05, 0) is 36.2 Å². The number of hydrogen-bond donors (Lipinski definition) is 0. The van der Waals surface area contributed by atoms with E-state index in [1.165, 1.54) is 12.1 Å². The van der Waals surface area contributed by atoms with Crippen molar-refractivity contribution in [3.8, 4) is 0 Å². The minimum Gasteiger partial charge on any atom is -0.348 e. The van der Waals surface area contributed by atoms with Gasteiger partial charge >= 0.3 is 0 Å². The van der Waals surface area contributed by atoms with Gasteiger partial charge in [-0.25, -0.2) is 9.37 Å². The zero-order valence-corrected chi connectivity index (χ0v) is 17.1. The Hall–Kier alpha value is -3.22. The summed E-state index contributed by atoms with van der Waals surface area (Å²) < 4.78 is 15.2. The number of aromatic nitrogens is 2. The first-order valence-electron chi connectivity index (χ1n) is 10.3. The van der Waals surface area contributed by atoms with Gasteiger partial charge in [-0.3, -0.25) is 9.59 Å². The maximum atomic E-state index is 13.4. The third kappa shape index (κ3) is 4.06. The number of amides is 1. The third-order valence-electron chi connectivity index (χ3n) is 5.46. The fourth-order valence-corrected chi connectivity index (χ4v) is 3.93. The summed E-state index contributed by atoms with van der Waals surface area (Å²) >= 11 is 0. The maximum absolute atomic E-state index is 13.4. The Morgan fingerprint density at radius 2 is 1.83 bits per heavy atom. The largest absolute Gasteiger partial charge is 0.348 e. The number of piperazine rings is 1. The summed E-state index contributed by atoms with van der Waals surface area (Å²) in [7, 11) is 0. The summed E-state index contributed by atoms with van der Waals surface area (Å²) in [4.78, 5) is 34.1. The van der Waals surface area contributed by atoms with Crippen LogP contribution in [-0.4, -0.2) is 46.5 Å². The van der Waals surface area contributed by atoms with Gasteiger partial charge in [0, 0.05) is 32.7 Å². The smallest absolute Gasteiger partial charge is 0.294 e. The fourth-order valence-electron chi connectivity index (χ4n) is 3.93. The molecule has 2 heterocycles. The number of hydrogen-bond acceptors (Lipinski definition) is 4. The van der Waals surface area contributed by atoms with Crippen LogP contribution in [-0.2, 0) is 17.8 Å². The van der Waals surface area contributed by atoms with Crippen molar-refractivity contribution in [3.05, 3.63) is 70.3 Å². The predicted molar refractivity (Wildman–Crippen MR) is 115 cm³/mol. The normalized spacial score (nSPS) is 14.3. The van der Waals surface area contributed by atoms with Crippen molar-refractivity contribution < 1.29 is 9.18 Å². The molecule has 0 unspecified atom stereocenters. The molecule has 1 aliphatic heterocycles. The lowest BCUT2D eigenvalue weighted by molar-refractivity contribution is -0.130. The monoisotopic (exact) mass is 408 g/mol. The van der Waals surface area contributed by atoms with E-state index in [1.54, 1.807) is 21.6 Å². The number of nitrogens with zero attached hydrogens (tertiary/aromatic N) is 4.